The van der Waals surface area contributed by atoms with Gasteiger partial charge >= 0.3 is 6.18 Å². The molecule has 0 radical (unpaired) electrons. The molecule has 0 aromatic heterocycles. The number of aldehydes is 1. The van der Waals surface area contributed by atoms with Crippen LogP contribution in [-0.4, -0.2) is 49.3 Å². The molecular formula is C13H14F3N3O3. The summed E-state index contributed by atoms with van der Waals surface area (Å²) in [6.07, 6.45) is -4.51. The van der Waals surface area contributed by atoms with Gasteiger partial charge in [-0.1, -0.05) is 0 Å². The van der Waals surface area contributed by atoms with Crippen molar-refractivity contribution < 1.29 is 22.9 Å². The van der Waals surface area contributed by atoms with Crippen molar-refractivity contribution in [2.75, 3.05) is 38.1 Å². The Morgan fingerprint density at radius 3 is 2.27 bits per heavy atom. The molecule has 1 aliphatic rings. The van der Waals surface area contributed by atoms with Crippen LogP contribution >= 0.6 is 0 Å². The van der Waals surface area contributed by atoms with Gasteiger partial charge in [0.15, 0.2) is 6.29 Å². The predicted molar refractivity (Wildman–Crippen MR) is 73.2 cm³/mol. The van der Waals surface area contributed by atoms with Crippen LogP contribution in [0.1, 0.15) is 15.9 Å². The van der Waals surface area contributed by atoms with Gasteiger partial charge in [-0.2, -0.15) is 13.2 Å². The molecule has 1 fully saturated rings. The molecule has 1 aromatic carbocycles. The van der Waals surface area contributed by atoms with Crippen LogP contribution in [0.4, 0.5) is 24.5 Å². The van der Waals surface area contributed by atoms with Crippen molar-refractivity contribution in [3.05, 3.63) is 33.4 Å². The average Bonchev–Trinajstić information content (AvgIpc) is 2.45. The lowest BCUT2D eigenvalue weighted by Crippen LogP contribution is -2.45. The molecule has 22 heavy (non-hydrogen) atoms. The van der Waals surface area contributed by atoms with Crippen LogP contribution in [-0.2, 0) is 6.18 Å². The molecular weight excluding hydrogens is 303 g/mol. The van der Waals surface area contributed by atoms with Gasteiger partial charge in [-0.25, -0.2) is 0 Å². The summed E-state index contributed by atoms with van der Waals surface area (Å²) < 4.78 is 38.4. The number of hydrogen-bond acceptors (Lipinski definition) is 5. The van der Waals surface area contributed by atoms with E-state index in [4.69, 9.17) is 0 Å². The fourth-order valence-corrected chi connectivity index (χ4v) is 2.41. The fraction of sp³-hybridized carbons (Fsp3) is 0.462. The van der Waals surface area contributed by atoms with Crippen molar-refractivity contribution in [3.63, 3.8) is 0 Å². The van der Waals surface area contributed by atoms with Crippen LogP contribution in [0.15, 0.2) is 12.1 Å². The van der Waals surface area contributed by atoms with Crippen molar-refractivity contribution in [2.45, 2.75) is 6.18 Å². The van der Waals surface area contributed by atoms with E-state index in [0.717, 1.165) is 0 Å². The number of nitro benzene ring substituents is 1. The number of nitrogens with zero attached hydrogens (tertiary/aromatic N) is 3. The fourth-order valence-electron chi connectivity index (χ4n) is 2.41. The molecule has 0 bridgehead atoms. The molecule has 1 heterocycles. The van der Waals surface area contributed by atoms with Crippen molar-refractivity contribution in [3.8, 4) is 0 Å². The Morgan fingerprint density at radius 2 is 1.82 bits per heavy atom. The lowest BCUT2D eigenvalue weighted by molar-refractivity contribution is -0.384. The summed E-state index contributed by atoms with van der Waals surface area (Å²) in [5.74, 6) is 0. The Labute approximate surface area is 124 Å². The standard InChI is InChI=1S/C13H14F3N3O3/c1-17-2-4-18(5-3-17)12-9(8-20)6-10(13(14,15)16)7-11(12)19(21)22/h6-8H,2-5H2,1H3. The number of benzene rings is 1. The van der Waals surface area contributed by atoms with Crippen LogP contribution in [0.2, 0.25) is 0 Å². The van der Waals surface area contributed by atoms with Gasteiger partial charge in [0.05, 0.1) is 10.5 Å². The van der Waals surface area contributed by atoms with Gasteiger partial charge in [-0.15, -0.1) is 0 Å². The van der Waals surface area contributed by atoms with Gasteiger partial charge in [0.2, 0.25) is 0 Å². The second kappa shape index (κ2) is 5.91. The number of likely N-dealkylation sites (N-methyl/N-ethyl adjacent to an activating group) is 1. The van der Waals surface area contributed by atoms with E-state index in [0.29, 0.717) is 38.3 Å². The topological polar surface area (TPSA) is 66.7 Å². The SMILES string of the molecule is CN1CCN(c2c(C=O)cc(C(F)(F)F)cc2[N+](=O)[O-])CC1. The highest BCUT2D eigenvalue weighted by molar-refractivity contribution is 5.89. The summed E-state index contributed by atoms with van der Waals surface area (Å²) >= 11 is 0. The molecule has 0 amide bonds. The summed E-state index contributed by atoms with van der Waals surface area (Å²) in [6.45, 7) is 2.03. The number of piperazine rings is 1. The number of rotatable bonds is 3. The number of nitro groups is 1. The molecule has 6 nitrogen and oxygen atoms in total. The third-order valence-corrected chi connectivity index (χ3v) is 3.59. The molecule has 1 aromatic rings. The first-order chi connectivity index (χ1) is 10.2. The van der Waals surface area contributed by atoms with E-state index in [1.807, 2.05) is 11.9 Å². The zero-order valence-electron chi connectivity index (χ0n) is 11.8. The Balaban J connectivity index is 2.56. The van der Waals surface area contributed by atoms with Crippen LogP contribution in [0.5, 0.6) is 0 Å². The van der Waals surface area contributed by atoms with E-state index < -0.39 is 22.4 Å². The highest BCUT2D eigenvalue weighted by Gasteiger charge is 2.36. The molecule has 120 valence electrons. The van der Waals surface area contributed by atoms with E-state index in [2.05, 4.69) is 0 Å². The van der Waals surface area contributed by atoms with Crippen LogP contribution in [0, 0.1) is 10.1 Å². The van der Waals surface area contributed by atoms with E-state index in [9.17, 15) is 28.1 Å². The van der Waals surface area contributed by atoms with Crippen LogP contribution < -0.4 is 4.90 Å². The monoisotopic (exact) mass is 317 g/mol. The Bertz CT molecular complexity index is 596. The van der Waals surface area contributed by atoms with E-state index >= 15 is 0 Å². The highest BCUT2D eigenvalue weighted by atomic mass is 19.4. The number of anilines is 1. The van der Waals surface area contributed by atoms with Crippen LogP contribution in [0.25, 0.3) is 0 Å². The average molecular weight is 317 g/mol. The number of alkyl halides is 3. The molecule has 0 spiro atoms. The molecule has 0 N–H and O–H groups in total. The van der Waals surface area contributed by atoms with E-state index in [-0.39, 0.29) is 17.5 Å². The van der Waals surface area contributed by atoms with Crippen molar-refractivity contribution in [2.24, 2.45) is 0 Å². The first-order valence-electron chi connectivity index (χ1n) is 6.52. The Morgan fingerprint density at radius 1 is 1.23 bits per heavy atom. The Kier molecular flexibility index (Phi) is 4.36. The van der Waals surface area contributed by atoms with Gasteiger partial charge < -0.3 is 9.80 Å². The molecule has 1 aliphatic heterocycles. The van der Waals surface area contributed by atoms with Crippen LogP contribution in [0.3, 0.4) is 0 Å². The maximum Gasteiger partial charge on any atom is 0.416 e. The maximum atomic E-state index is 12.8. The van der Waals surface area contributed by atoms with E-state index in [1.165, 1.54) is 0 Å². The van der Waals surface area contributed by atoms with Gasteiger partial charge in [-0.05, 0) is 13.1 Å². The van der Waals surface area contributed by atoms with Gasteiger partial charge in [0.1, 0.15) is 5.69 Å². The first kappa shape index (κ1) is 16.2. The minimum absolute atomic E-state index is 0.0406. The smallest absolute Gasteiger partial charge is 0.363 e. The van der Waals surface area contributed by atoms with Gasteiger partial charge in [-0.3, -0.25) is 14.9 Å². The van der Waals surface area contributed by atoms with Crippen molar-refractivity contribution >= 4 is 17.7 Å². The summed E-state index contributed by atoms with van der Waals surface area (Å²) in [5, 5.41) is 11.2. The van der Waals surface area contributed by atoms with E-state index in [1.54, 1.807) is 4.90 Å². The minimum atomic E-state index is -4.75. The third-order valence-electron chi connectivity index (χ3n) is 3.59. The molecule has 0 aliphatic carbocycles. The number of halogens is 3. The maximum absolute atomic E-state index is 12.8. The molecule has 2 rings (SSSR count). The highest BCUT2D eigenvalue weighted by Crippen LogP contribution is 2.39. The predicted octanol–water partition coefficient (Wildman–Crippen LogP) is 2.18. The molecule has 1 saturated heterocycles. The normalized spacial score (nSPS) is 16.6. The molecule has 0 unspecified atom stereocenters. The zero-order valence-corrected chi connectivity index (χ0v) is 11.8. The number of hydrogen-bond donors (Lipinski definition) is 0. The summed E-state index contributed by atoms with van der Waals surface area (Å²) in [7, 11) is 1.87. The summed E-state index contributed by atoms with van der Waals surface area (Å²) in [4.78, 5) is 25.0. The zero-order chi connectivity index (χ0) is 16.5. The van der Waals surface area contributed by atoms with Gasteiger partial charge in [0.25, 0.3) is 5.69 Å². The summed E-state index contributed by atoms with van der Waals surface area (Å²) in [5.41, 5.74) is -2.24. The minimum Gasteiger partial charge on any atom is -0.363 e. The lowest BCUT2D eigenvalue weighted by atomic mass is 10.0. The first-order valence-corrected chi connectivity index (χ1v) is 6.52. The number of carbonyl (C=O) groups is 1. The molecule has 0 atom stereocenters. The third kappa shape index (κ3) is 3.19. The van der Waals surface area contributed by atoms with Crippen molar-refractivity contribution in [1.29, 1.82) is 0 Å². The summed E-state index contributed by atoms with van der Waals surface area (Å²) in [6, 6.07) is 1.15. The largest absolute Gasteiger partial charge is 0.416 e. The Hall–Kier alpha value is -2.16. The molecule has 0 saturated carbocycles. The number of carbonyl (C=O) groups excluding carboxylic acids is 1. The van der Waals surface area contributed by atoms with Crippen molar-refractivity contribution in [1.82, 2.24) is 4.90 Å². The molecule has 9 heteroatoms. The second-order valence-electron chi connectivity index (χ2n) is 5.10. The lowest BCUT2D eigenvalue weighted by Gasteiger charge is -2.34. The second-order valence-corrected chi connectivity index (χ2v) is 5.10. The van der Waals surface area contributed by atoms with Gasteiger partial charge in [0, 0.05) is 37.8 Å². The quantitative estimate of drug-likeness (QED) is 0.486.